The van der Waals surface area contributed by atoms with Gasteiger partial charge < -0.3 is 10.1 Å². The lowest BCUT2D eigenvalue weighted by Gasteiger charge is -2.14. The summed E-state index contributed by atoms with van der Waals surface area (Å²) in [6.07, 6.45) is 1.94. The van der Waals surface area contributed by atoms with E-state index in [1.54, 1.807) is 14.0 Å². The summed E-state index contributed by atoms with van der Waals surface area (Å²) in [5.41, 5.74) is 2.89. The van der Waals surface area contributed by atoms with Crippen LogP contribution in [0.1, 0.15) is 19.8 Å². The van der Waals surface area contributed by atoms with Gasteiger partial charge in [-0.2, -0.15) is 0 Å². The fraction of sp³-hybridized carbons (Fsp3) is 0.261. The Bertz CT molecular complexity index is 1080. The average Bonchev–Trinajstić information content (AvgIpc) is 3.57. The number of fused-ring (bicyclic) bond motifs is 1. The van der Waals surface area contributed by atoms with Crippen molar-refractivity contribution in [2.45, 2.75) is 36.1 Å². The Kier molecular flexibility index (Phi) is 5.90. The van der Waals surface area contributed by atoms with Crippen LogP contribution in [0.3, 0.4) is 0 Å². The molecule has 1 aliphatic carbocycles. The van der Waals surface area contributed by atoms with Crippen LogP contribution < -0.4 is 15.4 Å². The maximum Gasteiger partial charge on any atom is 0.321 e. The first-order valence-corrected chi connectivity index (χ1v) is 10.7. The molecule has 30 heavy (non-hydrogen) atoms. The van der Waals surface area contributed by atoms with Crippen LogP contribution in [0.4, 0.5) is 4.79 Å². The van der Waals surface area contributed by atoms with E-state index in [-0.39, 0.29) is 11.9 Å². The number of nitrogens with one attached hydrogen (secondary N) is 2. The highest BCUT2D eigenvalue weighted by Crippen LogP contribution is 2.34. The van der Waals surface area contributed by atoms with Crippen LogP contribution >= 0.6 is 11.8 Å². The number of ether oxygens (including phenoxy) is 1. The van der Waals surface area contributed by atoms with Gasteiger partial charge in [0.05, 0.1) is 22.9 Å². The van der Waals surface area contributed by atoms with Crippen LogP contribution in [0.2, 0.25) is 0 Å². The van der Waals surface area contributed by atoms with E-state index in [1.807, 2.05) is 54.6 Å². The van der Waals surface area contributed by atoms with Gasteiger partial charge in [-0.15, -0.1) is 0 Å². The number of methoxy groups -OCH3 is 1. The molecule has 3 amide bonds. The zero-order valence-corrected chi connectivity index (χ0v) is 17.7. The molecular formula is C23H23N3O3S. The topological polar surface area (TPSA) is 80.3 Å². The van der Waals surface area contributed by atoms with Gasteiger partial charge in [0.25, 0.3) is 0 Å². The van der Waals surface area contributed by atoms with Gasteiger partial charge in [-0.3, -0.25) is 10.1 Å². The Morgan fingerprint density at radius 3 is 2.60 bits per heavy atom. The Balaban J connectivity index is 1.61. The van der Waals surface area contributed by atoms with Gasteiger partial charge in [0.1, 0.15) is 5.75 Å². The number of pyridine rings is 1. The van der Waals surface area contributed by atoms with Crippen molar-refractivity contribution in [2.75, 3.05) is 7.11 Å². The molecular weight excluding hydrogens is 398 g/mol. The summed E-state index contributed by atoms with van der Waals surface area (Å²) in [4.78, 5) is 29.0. The maximum atomic E-state index is 12.4. The predicted octanol–water partition coefficient (Wildman–Crippen LogP) is 4.38. The Morgan fingerprint density at radius 2 is 1.90 bits per heavy atom. The highest BCUT2D eigenvalue weighted by Gasteiger charge is 2.25. The first kappa shape index (κ1) is 20.2. The van der Waals surface area contributed by atoms with Crippen molar-refractivity contribution in [1.29, 1.82) is 0 Å². The second-order valence-corrected chi connectivity index (χ2v) is 8.62. The van der Waals surface area contributed by atoms with Crippen LogP contribution in [-0.2, 0) is 4.79 Å². The van der Waals surface area contributed by atoms with E-state index < -0.39 is 11.3 Å². The zero-order valence-electron chi connectivity index (χ0n) is 16.8. The Morgan fingerprint density at radius 1 is 1.13 bits per heavy atom. The average molecular weight is 422 g/mol. The van der Waals surface area contributed by atoms with E-state index in [0.29, 0.717) is 5.03 Å². The van der Waals surface area contributed by atoms with Gasteiger partial charge in [-0.05, 0) is 49.1 Å². The van der Waals surface area contributed by atoms with Crippen LogP contribution in [0, 0.1) is 0 Å². The number of benzene rings is 2. The molecule has 0 spiro atoms. The summed E-state index contributed by atoms with van der Waals surface area (Å²) in [6.45, 7) is 1.77. The highest BCUT2D eigenvalue weighted by molar-refractivity contribution is 8.00. The lowest BCUT2D eigenvalue weighted by molar-refractivity contribution is -0.119. The van der Waals surface area contributed by atoms with Gasteiger partial charge in [0, 0.05) is 17.5 Å². The third-order valence-corrected chi connectivity index (χ3v) is 5.91. The van der Waals surface area contributed by atoms with Gasteiger partial charge in [-0.25, -0.2) is 9.78 Å². The number of carbonyl (C=O) groups is 2. The highest BCUT2D eigenvalue weighted by atomic mass is 32.2. The molecule has 0 bridgehead atoms. The third-order valence-electron chi connectivity index (χ3n) is 4.89. The molecule has 3 aromatic rings. The lowest BCUT2D eigenvalue weighted by atomic mass is 10.0. The molecule has 7 heteroatoms. The number of amides is 3. The summed E-state index contributed by atoms with van der Waals surface area (Å²) in [6, 6.07) is 17.6. The molecule has 4 rings (SSSR count). The third kappa shape index (κ3) is 4.74. The minimum Gasteiger partial charge on any atom is -0.497 e. The fourth-order valence-electron chi connectivity index (χ4n) is 3.13. The number of aromatic nitrogens is 1. The minimum atomic E-state index is -0.478. The van der Waals surface area contributed by atoms with Crippen LogP contribution in [0.5, 0.6) is 5.75 Å². The first-order valence-electron chi connectivity index (χ1n) is 9.85. The van der Waals surface area contributed by atoms with E-state index in [9.17, 15) is 9.59 Å². The van der Waals surface area contributed by atoms with E-state index in [2.05, 4.69) is 10.6 Å². The molecule has 0 aliphatic heterocycles. The molecule has 0 saturated heterocycles. The molecule has 1 saturated carbocycles. The molecule has 1 aliphatic rings. The van der Waals surface area contributed by atoms with Crippen molar-refractivity contribution in [1.82, 2.24) is 15.6 Å². The van der Waals surface area contributed by atoms with E-state index in [4.69, 9.17) is 9.72 Å². The van der Waals surface area contributed by atoms with Crippen LogP contribution in [-0.4, -0.2) is 35.3 Å². The second kappa shape index (κ2) is 8.75. The molecule has 1 atom stereocenters. The zero-order chi connectivity index (χ0) is 21.1. The summed E-state index contributed by atoms with van der Waals surface area (Å²) < 4.78 is 5.35. The van der Waals surface area contributed by atoms with Gasteiger partial charge in [-0.1, -0.05) is 42.1 Å². The summed E-state index contributed by atoms with van der Waals surface area (Å²) >= 11 is 1.32. The smallest absolute Gasteiger partial charge is 0.321 e. The van der Waals surface area contributed by atoms with Gasteiger partial charge >= 0.3 is 6.03 Å². The summed E-state index contributed by atoms with van der Waals surface area (Å²) in [7, 11) is 1.62. The summed E-state index contributed by atoms with van der Waals surface area (Å²) in [5.74, 6) is 0.380. The Hall–Kier alpha value is -3.06. The van der Waals surface area contributed by atoms with Crippen molar-refractivity contribution in [3.05, 3.63) is 54.6 Å². The van der Waals surface area contributed by atoms with Crippen molar-refractivity contribution < 1.29 is 14.3 Å². The SMILES string of the molecule is COc1ccc2c(-c3ccccc3)cc(SC(C)C(=O)NC(=O)NC3CC3)nc2c1. The molecule has 6 nitrogen and oxygen atoms in total. The number of hydrogen-bond acceptors (Lipinski definition) is 5. The number of carbonyl (C=O) groups excluding carboxylic acids is 2. The van der Waals surface area contributed by atoms with Crippen LogP contribution in [0.25, 0.3) is 22.0 Å². The van der Waals surface area contributed by atoms with Gasteiger partial charge in [0.15, 0.2) is 0 Å². The van der Waals surface area contributed by atoms with Crippen molar-refractivity contribution in [3.63, 3.8) is 0 Å². The fourth-order valence-corrected chi connectivity index (χ4v) is 3.99. The lowest BCUT2D eigenvalue weighted by Crippen LogP contribution is -2.43. The molecule has 1 fully saturated rings. The standard InChI is InChI=1S/C23H23N3O3S/c1-14(22(27)26-23(28)24-16-8-9-16)30-21-13-19(15-6-4-3-5-7-15)18-11-10-17(29-2)12-20(18)25-21/h3-7,10-14,16H,8-9H2,1-2H3,(H2,24,26,27,28). The Labute approximate surface area is 179 Å². The minimum absolute atomic E-state index is 0.200. The summed E-state index contributed by atoms with van der Waals surface area (Å²) in [5, 5.41) is 6.41. The monoisotopic (exact) mass is 421 g/mol. The number of thioether (sulfide) groups is 1. The number of urea groups is 1. The van der Waals surface area contributed by atoms with Crippen LogP contribution in [0.15, 0.2) is 59.6 Å². The maximum absolute atomic E-state index is 12.4. The van der Waals surface area contributed by atoms with Gasteiger partial charge in [0.2, 0.25) is 5.91 Å². The molecule has 2 N–H and O–H groups in total. The van der Waals surface area contributed by atoms with Crippen molar-refractivity contribution >= 4 is 34.6 Å². The first-order chi connectivity index (χ1) is 14.5. The molecule has 1 aromatic heterocycles. The van der Waals surface area contributed by atoms with E-state index in [1.165, 1.54) is 11.8 Å². The van der Waals surface area contributed by atoms with E-state index in [0.717, 1.165) is 40.6 Å². The molecule has 1 heterocycles. The van der Waals surface area contributed by atoms with Crippen molar-refractivity contribution in [3.8, 4) is 16.9 Å². The van der Waals surface area contributed by atoms with E-state index >= 15 is 0 Å². The predicted molar refractivity (Wildman–Crippen MR) is 119 cm³/mol. The molecule has 154 valence electrons. The number of nitrogens with zero attached hydrogens (tertiary/aromatic N) is 1. The second-order valence-electron chi connectivity index (χ2n) is 7.25. The number of hydrogen-bond donors (Lipinski definition) is 2. The molecule has 1 unspecified atom stereocenters. The largest absolute Gasteiger partial charge is 0.497 e. The van der Waals surface area contributed by atoms with Crippen molar-refractivity contribution in [2.24, 2.45) is 0 Å². The number of rotatable bonds is 6. The molecule has 2 aromatic carbocycles. The quantitative estimate of drug-likeness (QED) is 0.578. The molecule has 0 radical (unpaired) electrons. The number of imide groups is 1. The normalized spacial score (nSPS) is 14.2.